The Bertz CT molecular complexity index is 1330. The Balaban J connectivity index is 1.53. The number of rotatable bonds is 6. The van der Waals surface area contributed by atoms with Crippen molar-refractivity contribution in [2.75, 3.05) is 5.32 Å². The minimum atomic E-state index is -0.589. The zero-order chi connectivity index (χ0) is 24.1. The first-order valence-electron chi connectivity index (χ1n) is 10.6. The number of hydrogen-bond donors (Lipinski definition) is 1. The second kappa shape index (κ2) is 10.8. The van der Waals surface area contributed by atoms with E-state index >= 15 is 0 Å². The number of nitriles is 2. The molecule has 0 atom stereocenters. The average Bonchev–Trinajstić information content (AvgIpc) is 3.19. The molecule has 5 nitrogen and oxygen atoms in total. The van der Waals surface area contributed by atoms with E-state index in [0.29, 0.717) is 28.5 Å². The number of halogens is 2. The average molecular weight is 508 g/mol. The first-order valence-corrected chi connectivity index (χ1v) is 12.2. The normalized spacial score (nSPS) is 12.9. The summed E-state index contributed by atoms with van der Waals surface area (Å²) >= 11 is 14.2. The number of anilines is 1. The number of nitrogens with one attached hydrogen (secondary N) is 1. The molecule has 34 heavy (non-hydrogen) atoms. The number of amides is 1. The Kier molecular flexibility index (Phi) is 7.55. The van der Waals surface area contributed by atoms with Crippen LogP contribution in [0.1, 0.15) is 40.0 Å². The summed E-state index contributed by atoms with van der Waals surface area (Å²) in [5, 5.41) is 23.0. The zero-order valence-corrected chi connectivity index (χ0v) is 20.4. The van der Waals surface area contributed by atoms with Gasteiger partial charge in [0.1, 0.15) is 29.3 Å². The van der Waals surface area contributed by atoms with Gasteiger partial charge >= 0.3 is 0 Å². The van der Waals surface area contributed by atoms with Gasteiger partial charge in [-0.25, -0.2) is 0 Å². The lowest BCUT2D eigenvalue weighted by molar-refractivity contribution is -0.112. The number of fused-ring (bicyclic) bond motifs is 1. The van der Waals surface area contributed by atoms with E-state index in [1.807, 2.05) is 36.4 Å². The maximum absolute atomic E-state index is 12.8. The third-order valence-corrected chi connectivity index (χ3v) is 7.20. The molecule has 2 aromatic carbocycles. The van der Waals surface area contributed by atoms with Crippen molar-refractivity contribution < 1.29 is 9.53 Å². The van der Waals surface area contributed by atoms with Crippen LogP contribution in [0.2, 0.25) is 10.0 Å². The van der Waals surface area contributed by atoms with Gasteiger partial charge in [0.15, 0.2) is 5.75 Å². The van der Waals surface area contributed by atoms with Gasteiger partial charge in [-0.05, 0) is 60.6 Å². The van der Waals surface area contributed by atoms with Gasteiger partial charge in [0, 0.05) is 4.88 Å². The molecule has 1 aromatic heterocycles. The van der Waals surface area contributed by atoms with Crippen LogP contribution in [0.25, 0.3) is 6.08 Å². The Labute approximate surface area is 211 Å². The number of benzene rings is 2. The fraction of sp³-hybridized carbons (Fsp3) is 0.192. The van der Waals surface area contributed by atoms with Crippen molar-refractivity contribution >= 4 is 51.5 Å². The first-order chi connectivity index (χ1) is 16.5. The monoisotopic (exact) mass is 507 g/mol. The molecular weight excluding hydrogens is 489 g/mol. The SMILES string of the molecule is N#C/C(=C\c1cc(Cl)c(OCc2ccccc2)c(Cl)c1)C(=O)Nc1sc2c(c1C#N)CCCC2. The summed E-state index contributed by atoms with van der Waals surface area (Å²) in [6, 6.07) is 16.9. The van der Waals surface area contributed by atoms with E-state index in [4.69, 9.17) is 27.9 Å². The number of carbonyl (C=O) groups excluding carboxylic acids is 1. The summed E-state index contributed by atoms with van der Waals surface area (Å²) in [7, 11) is 0. The van der Waals surface area contributed by atoms with Crippen LogP contribution in [-0.2, 0) is 24.2 Å². The quantitative estimate of drug-likeness (QED) is 0.289. The fourth-order valence-electron chi connectivity index (χ4n) is 3.79. The van der Waals surface area contributed by atoms with Gasteiger partial charge in [-0.3, -0.25) is 4.79 Å². The molecule has 0 radical (unpaired) electrons. The number of carbonyl (C=O) groups is 1. The summed E-state index contributed by atoms with van der Waals surface area (Å²) in [6.45, 7) is 0.299. The van der Waals surface area contributed by atoms with E-state index < -0.39 is 5.91 Å². The highest BCUT2D eigenvalue weighted by atomic mass is 35.5. The summed E-state index contributed by atoms with van der Waals surface area (Å²) in [5.41, 5.74) is 2.84. The van der Waals surface area contributed by atoms with Crippen molar-refractivity contribution in [2.45, 2.75) is 32.3 Å². The molecule has 1 heterocycles. The van der Waals surface area contributed by atoms with E-state index in [0.717, 1.165) is 41.7 Å². The smallest absolute Gasteiger partial charge is 0.266 e. The second-order valence-electron chi connectivity index (χ2n) is 7.74. The van der Waals surface area contributed by atoms with Crippen LogP contribution in [-0.4, -0.2) is 5.91 Å². The summed E-state index contributed by atoms with van der Waals surface area (Å²) in [4.78, 5) is 14.0. The highest BCUT2D eigenvalue weighted by Crippen LogP contribution is 2.38. The molecule has 0 saturated heterocycles. The van der Waals surface area contributed by atoms with E-state index in [9.17, 15) is 15.3 Å². The number of ether oxygens (including phenoxy) is 1. The van der Waals surface area contributed by atoms with Crippen molar-refractivity contribution in [1.82, 2.24) is 0 Å². The van der Waals surface area contributed by atoms with Crippen LogP contribution in [0, 0.1) is 22.7 Å². The third kappa shape index (κ3) is 5.26. The van der Waals surface area contributed by atoms with Gasteiger partial charge < -0.3 is 10.1 Å². The van der Waals surface area contributed by atoms with Crippen LogP contribution in [0.15, 0.2) is 48.0 Å². The molecule has 1 N–H and O–H groups in total. The topological polar surface area (TPSA) is 85.9 Å². The molecule has 0 fully saturated rings. The van der Waals surface area contributed by atoms with Gasteiger partial charge in [0.25, 0.3) is 5.91 Å². The van der Waals surface area contributed by atoms with Gasteiger partial charge in [0.05, 0.1) is 15.6 Å². The Hall–Kier alpha value is -3.29. The first kappa shape index (κ1) is 23.9. The molecule has 0 saturated carbocycles. The van der Waals surface area contributed by atoms with Crippen LogP contribution < -0.4 is 10.1 Å². The summed E-state index contributed by atoms with van der Waals surface area (Å²) in [6.07, 6.45) is 5.25. The molecular formula is C26H19Cl2N3O2S. The second-order valence-corrected chi connectivity index (χ2v) is 9.66. The van der Waals surface area contributed by atoms with Crippen LogP contribution in [0.3, 0.4) is 0 Å². The van der Waals surface area contributed by atoms with Crippen molar-refractivity contribution in [2.24, 2.45) is 0 Å². The van der Waals surface area contributed by atoms with Crippen molar-refractivity contribution in [3.63, 3.8) is 0 Å². The van der Waals surface area contributed by atoms with E-state index in [1.54, 1.807) is 12.1 Å². The number of thiophene rings is 1. The minimum absolute atomic E-state index is 0.125. The fourth-order valence-corrected chi connectivity index (χ4v) is 5.64. The number of hydrogen-bond acceptors (Lipinski definition) is 5. The van der Waals surface area contributed by atoms with Crippen LogP contribution in [0.4, 0.5) is 5.00 Å². The van der Waals surface area contributed by atoms with E-state index in [-0.39, 0.29) is 15.6 Å². The third-order valence-electron chi connectivity index (χ3n) is 5.43. The van der Waals surface area contributed by atoms with Gasteiger partial charge in [-0.1, -0.05) is 53.5 Å². The number of aryl methyl sites for hydroxylation is 1. The largest absolute Gasteiger partial charge is 0.486 e. The molecule has 1 aliphatic carbocycles. The molecule has 8 heteroatoms. The zero-order valence-electron chi connectivity index (χ0n) is 18.0. The molecule has 3 aromatic rings. The Morgan fingerprint density at radius 1 is 1.12 bits per heavy atom. The standard InChI is InChI=1S/C26H19Cl2N3O2S/c27-21-11-17(12-22(28)24(21)33-15-16-6-2-1-3-7-16)10-18(13-29)25(32)31-26-20(14-30)19-8-4-5-9-23(19)34-26/h1-3,6-7,10-12H,4-5,8-9,15H2,(H,31,32)/b18-10+. The maximum atomic E-state index is 12.8. The van der Waals surface area contributed by atoms with Crippen molar-refractivity contribution in [1.29, 1.82) is 10.5 Å². The highest BCUT2D eigenvalue weighted by Gasteiger charge is 2.23. The predicted octanol–water partition coefficient (Wildman–Crippen LogP) is 6.93. The molecule has 170 valence electrons. The lowest BCUT2D eigenvalue weighted by Gasteiger charge is -2.11. The van der Waals surface area contributed by atoms with Crippen LogP contribution >= 0.6 is 34.5 Å². The van der Waals surface area contributed by atoms with E-state index in [1.165, 1.54) is 17.4 Å². The molecule has 1 amide bonds. The van der Waals surface area contributed by atoms with Crippen molar-refractivity contribution in [3.8, 4) is 17.9 Å². The summed E-state index contributed by atoms with van der Waals surface area (Å²) in [5.74, 6) is -0.260. The highest BCUT2D eigenvalue weighted by molar-refractivity contribution is 7.16. The van der Waals surface area contributed by atoms with E-state index in [2.05, 4.69) is 11.4 Å². The molecule has 0 bridgehead atoms. The summed E-state index contributed by atoms with van der Waals surface area (Å²) < 4.78 is 5.77. The Morgan fingerprint density at radius 3 is 2.50 bits per heavy atom. The van der Waals surface area contributed by atoms with Gasteiger partial charge in [-0.2, -0.15) is 10.5 Å². The molecule has 4 rings (SSSR count). The number of nitrogens with zero attached hydrogens (tertiary/aromatic N) is 2. The molecule has 0 spiro atoms. The molecule has 0 unspecified atom stereocenters. The van der Waals surface area contributed by atoms with Crippen LogP contribution in [0.5, 0.6) is 5.75 Å². The Morgan fingerprint density at radius 2 is 1.82 bits per heavy atom. The lowest BCUT2D eigenvalue weighted by Crippen LogP contribution is -2.13. The minimum Gasteiger partial charge on any atom is -0.486 e. The van der Waals surface area contributed by atoms with Gasteiger partial charge in [-0.15, -0.1) is 11.3 Å². The maximum Gasteiger partial charge on any atom is 0.266 e. The molecule has 0 aliphatic heterocycles. The van der Waals surface area contributed by atoms with Crippen molar-refractivity contribution in [3.05, 3.63) is 85.2 Å². The van der Waals surface area contributed by atoms with Gasteiger partial charge in [0.2, 0.25) is 0 Å². The lowest BCUT2D eigenvalue weighted by atomic mass is 9.96. The molecule has 1 aliphatic rings. The predicted molar refractivity (Wildman–Crippen MR) is 135 cm³/mol.